The third-order valence-electron chi connectivity index (χ3n) is 4.25. The summed E-state index contributed by atoms with van der Waals surface area (Å²) >= 11 is 0. The summed E-state index contributed by atoms with van der Waals surface area (Å²) in [5, 5.41) is 4.94. The first-order valence-electron chi connectivity index (χ1n) is 9.27. The number of anilines is 1. The molecule has 0 aliphatic carbocycles. The van der Waals surface area contributed by atoms with E-state index in [1.807, 2.05) is 13.0 Å². The van der Waals surface area contributed by atoms with Crippen LogP contribution in [0.5, 0.6) is 17.2 Å². The molecular weight excluding hydrogens is 424 g/mol. The number of fused-ring (bicyclic) bond motifs is 1. The molecule has 7 nitrogen and oxygen atoms in total. The molecule has 2 aromatic rings. The molecule has 0 unspecified atom stereocenters. The standard InChI is InChI=1S/C20H20F4N2O5/c1-3-29-16-6-4-12(10-17(16)28-2)8-9-25-18(27)26-13-5-7-15-14(11-13)19(21,22)31-20(23,24)30-15/h4-7,10-11H,3,8-9H2,1-2H3,(H2,25,26,27). The van der Waals surface area contributed by atoms with Crippen LogP contribution in [0.15, 0.2) is 36.4 Å². The van der Waals surface area contributed by atoms with Crippen molar-refractivity contribution in [3.05, 3.63) is 47.5 Å². The topological polar surface area (TPSA) is 78.1 Å². The highest BCUT2D eigenvalue weighted by atomic mass is 19.3. The molecule has 0 spiro atoms. The number of urea groups is 1. The van der Waals surface area contributed by atoms with E-state index >= 15 is 0 Å². The van der Waals surface area contributed by atoms with Crippen molar-refractivity contribution in [3.63, 3.8) is 0 Å². The summed E-state index contributed by atoms with van der Waals surface area (Å²) in [5.74, 6) is 0.430. The van der Waals surface area contributed by atoms with Gasteiger partial charge in [0.2, 0.25) is 0 Å². The van der Waals surface area contributed by atoms with Gasteiger partial charge >= 0.3 is 18.4 Å². The lowest BCUT2D eigenvalue weighted by molar-refractivity contribution is -0.461. The van der Waals surface area contributed by atoms with E-state index in [1.54, 1.807) is 12.1 Å². The fraction of sp³-hybridized carbons (Fsp3) is 0.350. The average molecular weight is 444 g/mol. The number of ether oxygens (including phenoxy) is 4. The van der Waals surface area contributed by atoms with Crippen LogP contribution < -0.4 is 24.8 Å². The minimum absolute atomic E-state index is 0.0453. The van der Waals surface area contributed by atoms with Gasteiger partial charge in [0.15, 0.2) is 11.5 Å². The number of methoxy groups -OCH3 is 1. The van der Waals surface area contributed by atoms with Gasteiger partial charge in [-0.2, -0.15) is 8.78 Å². The van der Waals surface area contributed by atoms with Gasteiger partial charge in [0.05, 0.1) is 19.3 Å². The number of rotatable bonds is 7. The van der Waals surface area contributed by atoms with Crippen molar-refractivity contribution in [2.24, 2.45) is 0 Å². The number of alkyl halides is 4. The number of nitrogens with one attached hydrogen (secondary N) is 2. The summed E-state index contributed by atoms with van der Waals surface area (Å²) in [5.41, 5.74) is -0.0852. The van der Waals surface area contributed by atoms with Crippen molar-refractivity contribution in [2.75, 3.05) is 25.6 Å². The van der Waals surface area contributed by atoms with E-state index in [0.717, 1.165) is 23.8 Å². The summed E-state index contributed by atoms with van der Waals surface area (Å²) < 4.78 is 71.9. The van der Waals surface area contributed by atoms with Crippen molar-refractivity contribution in [2.45, 2.75) is 25.7 Å². The maximum atomic E-state index is 13.8. The molecule has 11 heteroatoms. The van der Waals surface area contributed by atoms with Gasteiger partial charge in [-0.05, 0) is 49.2 Å². The van der Waals surface area contributed by atoms with Crippen LogP contribution in [0, 0.1) is 0 Å². The molecule has 3 rings (SSSR count). The first-order chi connectivity index (χ1) is 14.6. The summed E-state index contributed by atoms with van der Waals surface area (Å²) in [6.07, 6.45) is -8.26. The highest BCUT2D eigenvalue weighted by molar-refractivity contribution is 5.89. The third-order valence-corrected chi connectivity index (χ3v) is 4.25. The molecule has 0 saturated carbocycles. The summed E-state index contributed by atoms with van der Waals surface area (Å²) in [6.45, 7) is 2.59. The Bertz CT molecular complexity index is 955. The smallest absolute Gasteiger partial charge is 0.493 e. The second-order valence-corrected chi connectivity index (χ2v) is 6.44. The van der Waals surface area contributed by atoms with Crippen molar-refractivity contribution >= 4 is 11.7 Å². The van der Waals surface area contributed by atoms with Gasteiger partial charge in [0, 0.05) is 12.2 Å². The Labute approximate surface area is 175 Å². The number of halogens is 4. The Morgan fingerprint density at radius 1 is 1.10 bits per heavy atom. The Balaban J connectivity index is 1.57. The first kappa shape index (κ1) is 22.5. The molecule has 31 heavy (non-hydrogen) atoms. The van der Waals surface area contributed by atoms with Crippen LogP contribution in [0.25, 0.3) is 0 Å². The Morgan fingerprint density at radius 3 is 2.58 bits per heavy atom. The molecule has 2 aromatic carbocycles. The molecular formula is C20H20F4N2O5. The lowest BCUT2D eigenvalue weighted by Gasteiger charge is -2.30. The SMILES string of the molecule is CCOc1ccc(CCNC(=O)Nc2ccc3c(c2)C(F)(F)OC(F)(F)O3)cc1OC. The second kappa shape index (κ2) is 8.88. The van der Waals surface area contributed by atoms with Crippen molar-refractivity contribution < 1.29 is 41.3 Å². The molecule has 0 fully saturated rings. The molecule has 0 atom stereocenters. The van der Waals surface area contributed by atoms with Gasteiger partial charge in [-0.3, -0.25) is 0 Å². The Morgan fingerprint density at radius 2 is 1.87 bits per heavy atom. The quantitative estimate of drug-likeness (QED) is 0.617. The van der Waals surface area contributed by atoms with Crippen molar-refractivity contribution in [1.82, 2.24) is 5.32 Å². The first-order valence-corrected chi connectivity index (χ1v) is 9.27. The minimum Gasteiger partial charge on any atom is -0.493 e. The summed E-state index contributed by atoms with van der Waals surface area (Å²) in [7, 11) is 1.52. The zero-order valence-electron chi connectivity index (χ0n) is 16.6. The zero-order chi connectivity index (χ0) is 22.6. The molecule has 168 valence electrons. The number of carbonyl (C=O) groups excluding carboxylic acids is 1. The molecule has 0 saturated heterocycles. The van der Waals surface area contributed by atoms with Gasteiger partial charge < -0.3 is 24.8 Å². The van der Waals surface area contributed by atoms with E-state index in [9.17, 15) is 22.4 Å². The van der Waals surface area contributed by atoms with Crippen LogP contribution in [0.3, 0.4) is 0 Å². The highest BCUT2D eigenvalue weighted by Gasteiger charge is 2.54. The molecule has 2 N–H and O–H groups in total. The van der Waals surface area contributed by atoms with E-state index in [0.29, 0.717) is 24.5 Å². The maximum Gasteiger partial charge on any atom is 0.540 e. The van der Waals surface area contributed by atoms with Gasteiger partial charge in [-0.25, -0.2) is 9.53 Å². The van der Waals surface area contributed by atoms with Gasteiger partial charge in [0.25, 0.3) is 0 Å². The third kappa shape index (κ3) is 5.48. The van der Waals surface area contributed by atoms with Crippen LogP contribution in [-0.4, -0.2) is 32.6 Å². The largest absolute Gasteiger partial charge is 0.540 e. The Hall–Kier alpha value is -3.21. The van der Waals surface area contributed by atoms with Gasteiger partial charge in [0.1, 0.15) is 5.75 Å². The average Bonchev–Trinajstić information content (AvgIpc) is 2.68. The van der Waals surface area contributed by atoms with Crippen LogP contribution in [0.4, 0.5) is 28.0 Å². The Kier molecular flexibility index (Phi) is 6.44. The van der Waals surface area contributed by atoms with Crippen LogP contribution >= 0.6 is 0 Å². The fourth-order valence-corrected chi connectivity index (χ4v) is 2.92. The molecule has 1 heterocycles. The van der Waals surface area contributed by atoms with E-state index in [1.165, 1.54) is 7.11 Å². The maximum absolute atomic E-state index is 13.8. The monoisotopic (exact) mass is 444 g/mol. The highest BCUT2D eigenvalue weighted by Crippen LogP contribution is 2.46. The number of amides is 2. The normalized spacial score (nSPS) is 15.9. The van der Waals surface area contributed by atoms with E-state index < -0.39 is 29.7 Å². The molecule has 0 bridgehead atoms. The number of hydrogen-bond acceptors (Lipinski definition) is 5. The van der Waals surface area contributed by atoms with Crippen LogP contribution in [0.2, 0.25) is 0 Å². The molecule has 0 radical (unpaired) electrons. The molecule has 2 amide bonds. The molecule has 1 aliphatic heterocycles. The van der Waals surface area contributed by atoms with Crippen molar-refractivity contribution in [1.29, 1.82) is 0 Å². The molecule has 0 aromatic heterocycles. The lowest BCUT2D eigenvalue weighted by atomic mass is 10.1. The van der Waals surface area contributed by atoms with Crippen molar-refractivity contribution in [3.8, 4) is 17.2 Å². The number of benzene rings is 2. The zero-order valence-corrected chi connectivity index (χ0v) is 16.6. The lowest BCUT2D eigenvalue weighted by Crippen LogP contribution is -2.41. The number of carbonyl (C=O) groups is 1. The van der Waals surface area contributed by atoms with Gasteiger partial charge in [-0.1, -0.05) is 6.07 Å². The van der Waals surface area contributed by atoms with Gasteiger partial charge in [-0.15, -0.1) is 8.78 Å². The van der Waals surface area contributed by atoms with E-state index in [4.69, 9.17) is 9.47 Å². The fourth-order valence-electron chi connectivity index (χ4n) is 2.92. The second-order valence-electron chi connectivity index (χ2n) is 6.44. The van der Waals surface area contributed by atoms with Crippen LogP contribution in [0.1, 0.15) is 18.1 Å². The molecule has 1 aliphatic rings. The van der Waals surface area contributed by atoms with E-state index in [2.05, 4.69) is 20.1 Å². The summed E-state index contributed by atoms with van der Waals surface area (Å²) in [4.78, 5) is 12.1. The predicted molar refractivity (Wildman–Crippen MR) is 102 cm³/mol. The predicted octanol–water partition coefficient (Wildman–Crippen LogP) is 4.47. The minimum atomic E-state index is -4.45. The number of hydrogen-bond donors (Lipinski definition) is 2. The summed E-state index contributed by atoms with van der Waals surface area (Å²) in [6, 6.07) is 7.58. The van der Waals surface area contributed by atoms with Crippen LogP contribution in [-0.2, 0) is 17.3 Å². The van der Waals surface area contributed by atoms with E-state index in [-0.39, 0.29) is 12.2 Å².